The van der Waals surface area contributed by atoms with Gasteiger partial charge in [-0.25, -0.2) is 4.98 Å². The number of aromatic nitrogens is 2. The van der Waals surface area contributed by atoms with Gasteiger partial charge in [-0.1, -0.05) is 17.7 Å². The van der Waals surface area contributed by atoms with Gasteiger partial charge in [0, 0.05) is 5.02 Å². The van der Waals surface area contributed by atoms with Gasteiger partial charge in [0.05, 0.1) is 0 Å². The zero-order valence-electron chi connectivity index (χ0n) is 7.48. The number of hydrogen-bond donors (Lipinski definition) is 0. The van der Waals surface area contributed by atoms with Crippen LogP contribution in [-0.2, 0) is 6.61 Å². The van der Waals surface area contributed by atoms with Crippen LogP contribution in [0.1, 0.15) is 5.01 Å². The van der Waals surface area contributed by atoms with Crippen molar-refractivity contribution >= 4 is 34.7 Å². The van der Waals surface area contributed by atoms with E-state index in [4.69, 9.17) is 27.9 Å². The Morgan fingerprint density at radius 2 is 2.20 bits per heavy atom. The van der Waals surface area contributed by atoms with E-state index in [-0.39, 0.29) is 5.28 Å². The maximum Gasteiger partial charge on any atom is 0.234 e. The Morgan fingerprint density at radius 1 is 1.33 bits per heavy atom. The summed E-state index contributed by atoms with van der Waals surface area (Å²) in [6.45, 7) is 0.352. The largest absolute Gasteiger partial charge is 0.486 e. The van der Waals surface area contributed by atoms with Crippen molar-refractivity contribution in [2.24, 2.45) is 0 Å². The molecule has 15 heavy (non-hydrogen) atoms. The quantitative estimate of drug-likeness (QED) is 0.849. The SMILES string of the molecule is Clc1cccc(OCc2nc(Cl)ns2)c1. The van der Waals surface area contributed by atoms with E-state index < -0.39 is 0 Å². The van der Waals surface area contributed by atoms with Crippen LogP contribution in [0, 0.1) is 0 Å². The molecule has 3 nitrogen and oxygen atoms in total. The molecule has 0 bridgehead atoms. The predicted octanol–water partition coefficient (Wildman–Crippen LogP) is 3.42. The summed E-state index contributed by atoms with van der Waals surface area (Å²) in [5, 5.41) is 1.63. The second kappa shape index (κ2) is 4.79. The van der Waals surface area contributed by atoms with Crippen LogP contribution in [0.5, 0.6) is 5.75 Å². The molecule has 0 saturated carbocycles. The highest BCUT2D eigenvalue weighted by Crippen LogP contribution is 2.19. The summed E-state index contributed by atoms with van der Waals surface area (Å²) in [7, 11) is 0. The van der Waals surface area contributed by atoms with Gasteiger partial charge in [0.1, 0.15) is 12.4 Å². The highest BCUT2D eigenvalue weighted by Gasteiger charge is 2.02. The molecule has 0 unspecified atom stereocenters. The van der Waals surface area contributed by atoms with Crippen LogP contribution >= 0.6 is 34.7 Å². The third kappa shape index (κ3) is 3.06. The minimum Gasteiger partial charge on any atom is -0.486 e. The number of halogens is 2. The van der Waals surface area contributed by atoms with Crippen LogP contribution in [0.3, 0.4) is 0 Å². The van der Waals surface area contributed by atoms with Crippen molar-refractivity contribution in [1.82, 2.24) is 9.36 Å². The molecule has 0 atom stereocenters. The molecule has 0 aliphatic rings. The molecule has 0 fully saturated rings. The van der Waals surface area contributed by atoms with Crippen molar-refractivity contribution in [3.05, 3.63) is 39.6 Å². The van der Waals surface area contributed by atoms with Crippen molar-refractivity contribution in [2.75, 3.05) is 0 Å². The van der Waals surface area contributed by atoms with Crippen molar-refractivity contribution < 1.29 is 4.74 Å². The van der Waals surface area contributed by atoms with E-state index >= 15 is 0 Å². The second-order valence-electron chi connectivity index (χ2n) is 2.70. The third-order valence-electron chi connectivity index (χ3n) is 1.60. The maximum atomic E-state index is 5.80. The van der Waals surface area contributed by atoms with Gasteiger partial charge in [-0.15, -0.1) is 0 Å². The lowest BCUT2D eigenvalue weighted by molar-refractivity contribution is 0.305. The van der Waals surface area contributed by atoms with Gasteiger partial charge < -0.3 is 4.74 Å². The average molecular weight is 261 g/mol. The van der Waals surface area contributed by atoms with Gasteiger partial charge in [0.2, 0.25) is 5.28 Å². The Hall–Kier alpha value is -0.840. The van der Waals surface area contributed by atoms with E-state index in [1.807, 2.05) is 12.1 Å². The number of rotatable bonds is 3. The van der Waals surface area contributed by atoms with Crippen LogP contribution in [0.2, 0.25) is 10.3 Å². The molecule has 1 aromatic carbocycles. The first-order valence-electron chi connectivity index (χ1n) is 4.10. The van der Waals surface area contributed by atoms with Crippen molar-refractivity contribution in [3.8, 4) is 5.75 Å². The predicted molar refractivity (Wildman–Crippen MR) is 60.7 cm³/mol. The summed E-state index contributed by atoms with van der Waals surface area (Å²) in [5.41, 5.74) is 0. The monoisotopic (exact) mass is 260 g/mol. The molecule has 2 aromatic rings. The van der Waals surface area contributed by atoms with Crippen molar-refractivity contribution in [3.63, 3.8) is 0 Å². The van der Waals surface area contributed by atoms with Crippen LogP contribution in [0.4, 0.5) is 0 Å². The minimum absolute atomic E-state index is 0.254. The Labute approximate surface area is 101 Å². The van der Waals surface area contributed by atoms with E-state index in [1.165, 1.54) is 11.5 Å². The highest BCUT2D eigenvalue weighted by molar-refractivity contribution is 7.05. The van der Waals surface area contributed by atoms with Crippen LogP contribution in [-0.4, -0.2) is 9.36 Å². The van der Waals surface area contributed by atoms with E-state index in [9.17, 15) is 0 Å². The third-order valence-corrected chi connectivity index (χ3v) is 2.79. The summed E-state index contributed by atoms with van der Waals surface area (Å²) >= 11 is 12.6. The number of ether oxygens (including phenoxy) is 1. The summed E-state index contributed by atoms with van der Waals surface area (Å²) in [6, 6.07) is 7.18. The Kier molecular flexibility index (Phi) is 3.41. The van der Waals surface area contributed by atoms with Gasteiger partial charge in [0.15, 0.2) is 5.01 Å². The van der Waals surface area contributed by atoms with E-state index in [2.05, 4.69) is 9.36 Å². The molecule has 0 aliphatic carbocycles. The molecule has 78 valence electrons. The van der Waals surface area contributed by atoms with E-state index in [0.717, 1.165) is 5.01 Å². The fourth-order valence-corrected chi connectivity index (χ4v) is 1.89. The fraction of sp³-hybridized carbons (Fsp3) is 0.111. The molecule has 0 spiro atoms. The Bertz CT molecular complexity index is 461. The summed E-state index contributed by atoms with van der Waals surface area (Å²) in [4.78, 5) is 3.96. The molecule has 0 radical (unpaired) electrons. The molecule has 6 heteroatoms. The fourth-order valence-electron chi connectivity index (χ4n) is 0.995. The van der Waals surface area contributed by atoms with E-state index in [1.54, 1.807) is 12.1 Å². The molecule has 1 aromatic heterocycles. The second-order valence-corrected chi connectivity index (χ2v) is 4.31. The first kappa shape index (κ1) is 10.7. The molecule has 0 aliphatic heterocycles. The Balaban J connectivity index is 1.99. The lowest BCUT2D eigenvalue weighted by Crippen LogP contribution is -1.94. The maximum absolute atomic E-state index is 5.80. The first-order chi connectivity index (χ1) is 7.24. The van der Waals surface area contributed by atoms with Gasteiger partial charge >= 0.3 is 0 Å². The topological polar surface area (TPSA) is 35.0 Å². The van der Waals surface area contributed by atoms with Crippen LogP contribution in [0.25, 0.3) is 0 Å². The lowest BCUT2D eigenvalue weighted by Gasteiger charge is -2.02. The highest BCUT2D eigenvalue weighted by atomic mass is 35.5. The molecule has 0 amide bonds. The molecule has 1 heterocycles. The molecule has 0 N–H and O–H groups in total. The zero-order chi connectivity index (χ0) is 10.7. The van der Waals surface area contributed by atoms with Crippen LogP contribution in [0.15, 0.2) is 24.3 Å². The minimum atomic E-state index is 0.254. The van der Waals surface area contributed by atoms with Crippen molar-refractivity contribution in [1.29, 1.82) is 0 Å². The number of benzene rings is 1. The number of nitrogens with zero attached hydrogens (tertiary/aromatic N) is 2. The normalized spacial score (nSPS) is 10.3. The standard InChI is InChI=1S/C9H6Cl2N2OS/c10-6-2-1-3-7(4-6)14-5-8-12-9(11)13-15-8/h1-4H,5H2. The Morgan fingerprint density at radius 3 is 2.87 bits per heavy atom. The van der Waals surface area contributed by atoms with Gasteiger partial charge in [-0.2, -0.15) is 4.37 Å². The molecular formula is C9H6Cl2N2OS. The van der Waals surface area contributed by atoms with Gasteiger partial charge in [0.25, 0.3) is 0 Å². The number of hydrogen-bond acceptors (Lipinski definition) is 4. The first-order valence-corrected chi connectivity index (χ1v) is 5.63. The summed E-state index contributed by atoms with van der Waals surface area (Å²) in [6.07, 6.45) is 0. The van der Waals surface area contributed by atoms with Crippen LogP contribution < -0.4 is 4.74 Å². The van der Waals surface area contributed by atoms with Gasteiger partial charge in [-0.05, 0) is 41.3 Å². The zero-order valence-corrected chi connectivity index (χ0v) is 9.81. The van der Waals surface area contributed by atoms with Gasteiger partial charge in [-0.3, -0.25) is 0 Å². The molecule has 2 rings (SSSR count). The summed E-state index contributed by atoms with van der Waals surface area (Å²) < 4.78 is 9.29. The van der Waals surface area contributed by atoms with E-state index in [0.29, 0.717) is 17.4 Å². The van der Waals surface area contributed by atoms with Crippen molar-refractivity contribution in [2.45, 2.75) is 6.61 Å². The average Bonchev–Trinajstić information content (AvgIpc) is 2.62. The molecule has 0 saturated heterocycles. The smallest absolute Gasteiger partial charge is 0.234 e. The molecular weight excluding hydrogens is 255 g/mol. The lowest BCUT2D eigenvalue weighted by atomic mass is 10.3. The summed E-state index contributed by atoms with van der Waals surface area (Å²) in [5.74, 6) is 0.703.